The van der Waals surface area contributed by atoms with Crippen LogP contribution in [-0.4, -0.2) is 23.4 Å². The van der Waals surface area contributed by atoms with Crippen LogP contribution in [0.15, 0.2) is 18.2 Å². The summed E-state index contributed by atoms with van der Waals surface area (Å²) in [6, 6.07) is 6.26. The van der Waals surface area contributed by atoms with Gasteiger partial charge in [0.25, 0.3) is 0 Å². The van der Waals surface area contributed by atoms with Crippen LogP contribution in [0.25, 0.3) is 0 Å². The standard InChI is InChI=1S/C12H18O2/c1-9-3-4-12(10(2)5-9)6-11(7-13)8-14/h3-5,11,13-14H,6-8H2,1-2H3. The zero-order chi connectivity index (χ0) is 10.6. The number of hydrogen-bond donors (Lipinski definition) is 2. The Labute approximate surface area is 85.2 Å². The van der Waals surface area contributed by atoms with Crippen LogP contribution in [0.2, 0.25) is 0 Å². The summed E-state index contributed by atoms with van der Waals surface area (Å²) in [5, 5.41) is 17.9. The molecular weight excluding hydrogens is 176 g/mol. The van der Waals surface area contributed by atoms with E-state index in [1.54, 1.807) is 0 Å². The molecule has 0 amide bonds. The van der Waals surface area contributed by atoms with E-state index in [0.29, 0.717) is 0 Å². The average Bonchev–Trinajstić information content (AvgIpc) is 2.17. The van der Waals surface area contributed by atoms with Crippen molar-refractivity contribution in [3.63, 3.8) is 0 Å². The normalized spacial score (nSPS) is 10.9. The van der Waals surface area contributed by atoms with Gasteiger partial charge in [0, 0.05) is 19.1 Å². The van der Waals surface area contributed by atoms with Crippen molar-refractivity contribution in [3.05, 3.63) is 34.9 Å². The summed E-state index contributed by atoms with van der Waals surface area (Å²) in [7, 11) is 0. The van der Waals surface area contributed by atoms with Gasteiger partial charge in [-0.2, -0.15) is 0 Å². The topological polar surface area (TPSA) is 40.5 Å². The molecule has 0 unspecified atom stereocenters. The fourth-order valence-corrected chi connectivity index (χ4v) is 1.57. The third kappa shape index (κ3) is 2.82. The van der Waals surface area contributed by atoms with Crippen LogP contribution >= 0.6 is 0 Å². The molecule has 0 bridgehead atoms. The largest absolute Gasteiger partial charge is 0.396 e. The molecular formula is C12H18O2. The van der Waals surface area contributed by atoms with Crippen LogP contribution in [0, 0.1) is 19.8 Å². The van der Waals surface area contributed by atoms with Gasteiger partial charge >= 0.3 is 0 Å². The molecule has 2 nitrogen and oxygen atoms in total. The maximum absolute atomic E-state index is 8.97. The number of hydrogen-bond acceptors (Lipinski definition) is 2. The van der Waals surface area contributed by atoms with Crippen molar-refractivity contribution in [2.75, 3.05) is 13.2 Å². The minimum atomic E-state index is -0.0311. The Bertz CT molecular complexity index is 290. The Morgan fingerprint density at radius 1 is 1.14 bits per heavy atom. The molecule has 0 heterocycles. The summed E-state index contributed by atoms with van der Waals surface area (Å²) >= 11 is 0. The van der Waals surface area contributed by atoms with Gasteiger partial charge < -0.3 is 10.2 Å². The second kappa shape index (κ2) is 5.13. The smallest absolute Gasteiger partial charge is 0.0484 e. The Kier molecular flexibility index (Phi) is 4.11. The summed E-state index contributed by atoms with van der Waals surface area (Å²) in [5.41, 5.74) is 3.69. The maximum Gasteiger partial charge on any atom is 0.0484 e. The lowest BCUT2D eigenvalue weighted by atomic mass is 9.96. The number of aliphatic hydroxyl groups is 2. The summed E-state index contributed by atoms with van der Waals surface area (Å²) < 4.78 is 0. The van der Waals surface area contributed by atoms with Crippen molar-refractivity contribution < 1.29 is 10.2 Å². The second-order valence-corrected chi connectivity index (χ2v) is 3.87. The Morgan fingerprint density at radius 2 is 1.79 bits per heavy atom. The van der Waals surface area contributed by atoms with Crippen LogP contribution in [0.5, 0.6) is 0 Å². The lowest BCUT2D eigenvalue weighted by Gasteiger charge is -2.13. The molecule has 2 heteroatoms. The quantitative estimate of drug-likeness (QED) is 0.761. The number of rotatable bonds is 4. The first kappa shape index (κ1) is 11.2. The summed E-state index contributed by atoms with van der Waals surface area (Å²) in [6.07, 6.45) is 0.749. The van der Waals surface area contributed by atoms with Gasteiger partial charge in [0.15, 0.2) is 0 Å². The average molecular weight is 194 g/mol. The molecule has 0 aliphatic carbocycles. The van der Waals surface area contributed by atoms with E-state index in [9.17, 15) is 0 Å². The van der Waals surface area contributed by atoms with Gasteiger partial charge in [-0.25, -0.2) is 0 Å². The van der Waals surface area contributed by atoms with Gasteiger partial charge in [-0.1, -0.05) is 23.8 Å². The van der Waals surface area contributed by atoms with E-state index in [0.717, 1.165) is 6.42 Å². The van der Waals surface area contributed by atoms with Crippen LogP contribution in [-0.2, 0) is 6.42 Å². The van der Waals surface area contributed by atoms with Crippen LogP contribution in [0.1, 0.15) is 16.7 Å². The molecule has 1 rings (SSSR count). The summed E-state index contributed by atoms with van der Waals surface area (Å²) in [4.78, 5) is 0. The highest BCUT2D eigenvalue weighted by atomic mass is 16.3. The van der Waals surface area contributed by atoms with E-state index >= 15 is 0 Å². The minimum absolute atomic E-state index is 0.0311. The molecule has 1 aromatic carbocycles. The first-order valence-corrected chi connectivity index (χ1v) is 4.95. The van der Waals surface area contributed by atoms with E-state index in [4.69, 9.17) is 10.2 Å². The third-order valence-electron chi connectivity index (χ3n) is 2.52. The van der Waals surface area contributed by atoms with Crippen molar-refractivity contribution in [1.82, 2.24) is 0 Å². The Balaban J connectivity index is 2.76. The van der Waals surface area contributed by atoms with Crippen molar-refractivity contribution in [2.24, 2.45) is 5.92 Å². The van der Waals surface area contributed by atoms with Crippen molar-refractivity contribution in [1.29, 1.82) is 0 Å². The Morgan fingerprint density at radius 3 is 2.29 bits per heavy atom. The molecule has 0 fully saturated rings. The van der Waals surface area contributed by atoms with Gasteiger partial charge in [-0.15, -0.1) is 0 Å². The van der Waals surface area contributed by atoms with Crippen LogP contribution in [0.4, 0.5) is 0 Å². The van der Waals surface area contributed by atoms with Gasteiger partial charge in [0.1, 0.15) is 0 Å². The molecule has 14 heavy (non-hydrogen) atoms. The van der Waals surface area contributed by atoms with Gasteiger partial charge in [-0.05, 0) is 31.4 Å². The minimum Gasteiger partial charge on any atom is -0.396 e. The maximum atomic E-state index is 8.97. The van der Waals surface area contributed by atoms with Gasteiger partial charge in [0.2, 0.25) is 0 Å². The fourth-order valence-electron chi connectivity index (χ4n) is 1.57. The number of aliphatic hydroxyl groups excluding tert-OH is 2. The van der Waals surface area contributed by atoms with E-state index in [2.05, 4.69) is 32.0 Å². The highest BCUT2D eigenvalue weighted by molar-refractivity contribution is 5.30. The van der Waals surface area contributed by atoms with Crippen LogP contribution < -0.4 is 0 Å². The zero-order valence-electron chi connectivity index (χ0n) is 8.83. The zero-order valence-corrected chi connectivity index (χ0v) is 8.83. The third-order valence-corrected chi connectivity index (χ3v) is 2.52. The molecule has 0 spiro atoms. The first-order valence-electron chi connectivity index (χ1n) is 4.95. The van der Waals surface area contributed by atoms with Crippen molar-refractivity contribution in [2.45, 2.75) is 20.3 Å². The first-order chi connectivity index (χ1) is 6.67. The summed E-state index contributed by atoms with van der Waals surface area (Å²) in [5.74, 6) is -0.0311. The molecule has 0 aliphatic heterocycles. The predicted molar refractivity (Wildman–Crippen MR) is 57.3 cm³/mol. The van der Waals surface area contributed by atoms with E-state index in [1.165, 1.54) is 16.7 Å². The predicted octanol–water partition coefficient (Wildman–Crippen LogP) is 1.45. The van der Waals surface area contributed by atoms with Crippen molar-refractivity contribution in [3.8, 4) is 0 Å². The van der Waals surface area contributed by atoms with Crippen LogP contribution in [0.3, 0.4) is 0 Å². The molecule has 0 aromatic heterocycles. The second-order valence-electron chi connectivity index (χ2n) is 3.87. The van der Waals surface area contributed by atoms with E-state index in [1.807, 2.05) is 0 Å². The van der Waals surface area contributed by atoms with E-state index < -0.39 is 0 Å². The molecule has 0 radical (unpaired) electrons. The molecule has 0 aliphatic rings. The lowest BCUT2D eigenvalue weighted by molar-refractivity contribution is 0.150. The van der Waals surface area contributed by atoms with Gasteiger partial charge in [-0.3, -0.25) is 0 Å². The van der Waals surface area contributed by atoms with E-state index in [-0.39, 0.29) is 19.1 Å². The molecule has 1 aromatic rings. The Hall–Kier alpha value is -0.860. The number of aryl methyl sites for hydroxylation is 2. The highest BCUT2D eigenvalue weighted by Gasteiger charge is 2.08. The lowest BCUT2D eigenvalue weighted by Crippen LogP contribution is -2.14. The highest BCUT2D eigenvalue weighted by Crippen LogP contribution is 2.14. The molecule has 0 saturated carbocycles. The van der Waals surface area contributed by atoms with Gasteiger partial charge in [0.05, 0.1) is 0 Å². The number of benzene rings is 1. The monoisotopic (exact) mass is 194 g/mol. The summed E-state index contributed by atoms with van der Waals surface area (Å²) in [6.45, 7) is 4.22. The molecule has 78 valence electrons. The fraction of sp³-hybridized carbons (Fsp3) is 0.500. The molecule has 0 saturated heterocycles. The molecule has 2 N–H and O–H groups in total. The molecule has 0 atom stereocenters. The SMILES string of the molecule is Cc1ccc(CC(CO)CO)c(C)c1. The van der Waals surface area contributed by atoms with Crippen molar-refractivity contribution >= 4 is 0 Å².